The number of nitrogens with zero attached hydrogens (tertiary/aromatic N) is 5. The minimum Gasteiger partial charge on any atom is -0.302 e. The van der Waals surface area contributed by atoms with E-state index in [9.17, 15) is 4.79 Å². The molecule has 0 spiro atoms. The Bertz CT molecular complexity index is 1090. The summed E-state index contributed by atoms with van der Waals surface area (Å²) in [6, 6.07) is 3.71. The second-order valence-corrected chi connectivity index (χ2v) is 8.36. The Hall–Kier alpha value is -1.97. The summed E-state index contributed by atoms with van der Waals surface area (Å²) in [5, 5.41) is 13.5. The summed E-state index contributed by atoms with van der Waals surface area (Å²) < 4.78 is 3.66. The fourth-order valence-electron chi connectivity index (χ4n) is 2.56. The van der Waals surface area contributed by atoms with Crippen molar-refractivity contribution in [3.63, 3.8) is 0 Å². The lowest BCUT2D eigenvalue weighted by atomic mass is 10.3. The van der Waals surface area contributed by atoms with Crippen molar-refractivity contribution < 1.29 is 0 Å². The van der Waals surface area contributed by atoms with Crippen LogP contribution in [0.15, 0.2) is 39.0 Å². The van der Waals surface area contributed by atoms with Crippen LogP contribution in [0.5, 0.6) is 0 Å². The lowest BCUT2D eigenvalue weighted by molar-refractivity contribution is 0.687. The molecule has 0 radical (unpaired) electrons. The number of aromatic nitrogens is 5. The largest absolute Gasteiger partial charge is 0.302 e. The number of hydrogen-bond donors (Lipinski definition) is 0. The average molecular weight is 390 g/mol. The van der Waals surface area contributed by atoms with Gasteiger partial charge in [-0.3, -0.25) is 9.20 Å². The zero-order chi connectivity index (χ0) is 17.4. The van der Waals surface area contributed by atoms with E-state index in [1.165, 1.54) is 16.2 Å². The first-order valence-corrected chi connectivity index (χ1v) is 10.5. The van der Waals surface area contributed by atoms with Crippen LogP contribution >= 0.6 is 34.4 Å². The second-order valence-electron chi connectivity index (χ2n) is 5.43. The Morgan fingerprint density at radius 2 is 2.12 bits per heavy atom. The smallest absolute Gasteiger partial charge is 0.258 e. The lowest BCUT2D eigenvalue weighted by Crippen LogP contribution is -2.12. The van der Waals surface area contributed by atoms with Crippen LogP contribution in [-0.2, 0) is 12.3 Å². The maximum Gasteiger partial charge on any atom is 0.258 e. The summed E-state index contributed by atoms with van der Waals surface area (Å²) in [7, 11) is 0. The van der Waals surface area contributed by atoms with Crippen molar-refractivity contribution >= 4 is 39.4 Å². The van der Waals surface area contributed by atoms with Crippen LogP contribution in [0.2, 0.25) is 0 Å². The molecule has 0 aromatic carbocycles. The highest BCUT2D eigenvalue weighted by atomic mass is 32.2. The summed E-state index contributed by atoms with van der Waals surface area (Å²) in [6.07, 6.45) is 1.75. The van der Waals surface area contributed by atoms with Gasteiger partial charge in [0.1, 0.15) is 0 Å². The molecule has 4 aromatic rings. The van der Waals surface area contributed by atoms with Gasteiger partial charge < -0.3 is 4.57 Å². The maximum absolute atomic E-state index is 12.1. The first-order chi connectivity index (χ1) is 12.2. The molecule has 0 aliphatic rings. The van der Waals surface area contributed by atoms with Crippen molar-refractivity contribution in [2.75, 3.05) is 0 Å². The van der Waals surface area contributed by atoms with E-state index in [1.807, 2.05) is 5.38 Å². The first kappa shape index (κ1) is 16.5. The molecule has 0 atom stereocenters. The predicted octanol–water partition coefficient (Wildman–Crippen LogP) is 3.70. The Labute approximate surface area is 156 Å². The third-order valence-electron chi connectivity index (χ3n) is 3.73. The molecule has 0 aliphatic heterocycles. The van der Waals surface area contributed by atoms with Gasteiger partial charge in [0.2, 0.25) is 0 Å². The summed E-state index contributed by atoms with van der Waals surface area (Å²) >= 11 is 4.72. The van der Waals surface area contributed by atoms with Crippen molar-refractivity contribution in [1.29, 1.82) is 0 Å². The molecule has 0 unspecified atom stereocenters. The molecule has 128 valence electrons. The van der Waals surface area contributed by atoms with Gasteiger partial charge in [-0.2, -0.15) is 0 Å². The summed E-state index contributed by atoms with van der Waals surface area (Å²) in [5.41, 5.74) is 1.81. The van der Waals surface area contributed by atoms with Gasteiger partial charge in [0.25, 0.3) is 5.56 Å². The molecule has 0 amide bonds. The van der Waals surface area contributed by atoms with Crippen LogP contribution in [-0.4, -0.2) is 24.1 Å². The van der Waals surface area contributed by atoms with Gasteiger partial charge in [-0.25, -0.2) is 4.98 Å². The molecule has 6 nitrogen and oxygen atoms in total. The number of aryl methyl sites for hydroxylation is 1. The SMILES string of the molecule is CCn1c(SCc2cc(=O)n3ccsc3n2)nnc1-c1csc(C)c1. The van der Waals surface area contributed by atoms with E-state index in [0.717, 1.165) is 33.7 Å². The number of thiazole rings is 1. The molecule has 9 heteroatoms. The van der Waals surface area contributed by atoms with Crippen molar-refractivity contribution in [2.24, 2.45) is 0 Å². The molecule has 4 heterocycles. The van der Waals surface area contributed by atoms with Gasteiger partial charge in [0.15, 0.2) is 15.9 Å². The highest BCUT2D eigenvalue weighted by Gasteiger charge is 2.15. The minimum atomic E-state index is -0.0479. The standard InChI is InChI=1S/C16H15N5OS3/c1-3-20-14(11-6-10(2)24-8-11)18-19-16(20)25-9-12-7-13(22)21-4-5-23-15(21)17-12/h4-8H,3,9H2,1-2H3. The molecule has 0 N–H and O–H groups in total. The van der Waals surface area contributed by atoms with Crippen LogP contribution < -0.4 is 5.56 Å². The van der Waals surface area contributed by atoms with E-state index >= 15 is 0 Å². The molecule has 0 saturated heterocycles. The molecule has 0 fully saturated rings. The quantitative estimate of drug-likeness (QED) is 0.487. The Morgan fingerprint density at radius 3 is 2.88 bits per heavy atom. The third kappa shape index (κ3) is 3.14. The summed E-state index contributed by atoms with van der Waals surface area (Å²) in [5.74, 6) is 1.47. The molecule has 4 rings (SSSR count). The van der Waals surface area contributed by atoms with Crippen LogP contribution in [0.4, 0.5) is 0 Å². The van der Waals surface area contributed by atoms with E-state index in [1.54, 1.807) is 39.8 Å². The third-order valence-corrected chi connectivity index (χ3v) is 6.35. The number of thioether (sulfide) groups is 1. The van der Waals surface area contributed by atoms with Gasteiger partial charge in [-0.05, 0) is 19.9 Å². The van der Waals surface area contributed by atoms with Crippen molar-refractivity contribution in [1.82, 2.24) is 24.1 Å². The number of fused-ring (bicyclic) bond motifs is 1. The van der Waals surface area contributed by atoms with E-state index in [4.69, 9.17) is 0 Å². The van der Waals surface area contributed by atoms with Gasteiger partial charge in [0, 0.05) is 45.8 Å². The molecule has 0 bridgehead atoms. The van der Waals surface area contributed by atoms with Gasteiger partial charge in [-0.1, -0.05) is 11.8 Å². The minimum absolute atomic E-state index is 0.0479. The molecular formula is C16H15N5OS3. The highest BCUT2D eigenvalue weighted by molar-refractivity contribution is 7.98. The van der Waals surface area contributed by atoms with E-state index in [-0.39, 0.29) is 5.56 Å². The second kappa shape index (κ2) is 6.74. The zero-order valence-corrected chi connectivity index (χ0v) is 16.1. The van der Waals surface area contributed by atoms with Gasteiger partial charge >= 0.3 is 0 Å². The zero-order valence-electron chi connectivity index (χ0n) is 13.7. The number of hydrogen-bond acceptors (Lipinski definition) is 7. The fourth-order valence-corrected chi connectivity index (χ4v) is 4.87. The van der Waals surface area contributed by atoms with E-state index < -0.39 is 0 Å². The topological polar surface area (TPSA) is 65.1 Å². The van der Waals surface area contributed by atoms with E-state index in [2.05, 4.69) is 45.0 Å². The fraction of sp³-hybridized carbons (Fsp3) is 0.250. The molecule has 0 aliphatic carbocycles. The molecular weight excluding hydrogens is 374 g/mol. The lowest BCUT2D eigenvalue weighted by Gasteiger charge is -2.06. The predicted molar refractivity (Wildman–Crippen MR) is 103 cm³/mol. The van der Waals surface area contributed by atoms with Crippen LogP contribution in [0.1, 0.15) is 17.5 Å². The maximum atomic E-state index is 12.1. The highest BCUT2D eigenvalue weighted by Crippen LogP contribution is 2.28. The normalized spacial score (nSPS) is 11.4. The Kier molecular flexibility index (Phi) is 4.45. The van der Waals surface area contributed by atoms with Crippen molar-refractivity contribution in [3.8, 4) is 11.4 Å². The van der Waals surface area contributed by atoms with Crippen LogP contribution in [0.3, 0.4) is 0 Å². The number of thiophene rings is 1. The van der Waals surface area contributed by atoms with Gasteiger partial charge in [-0.15, -0.1) is 32.9 Å². The summed E-state index contributed by atoms with van der Waals surface area (Å²) in [6.45, 7) is 4.96. The summed E-state index contributed by atoms with van der Waals surface area (Å²) in [4.78, 5) is 18.6. The van der Waals surface area contributed by atoms with Crippen molar-refractivity contribution in [3.05, 3.63) is 50.0 Å². The first-order valence-electron chi connectivity index (χ1n) is 7.73. The van der Waals surface area contributed by atoms with Gasteiger partial charge in [0.05, 0.1) is 5.69 Å². The Balaban J connectivity index is 1.60. The van der Waals surface area contributed by atoms with E-state index in [0.29, 0.717) is 5.75 Å². The molecule has 4 aromatic heterocycles. The number of rotatable bonds is 5. The Morgan fingerprint density at radius 1 is 1.24 bits per heavy atom. The van der Waals surface area contributed by atoms with Crippen LogP contribution in [0.25, 0.3) is 16.3 Å². The molecule has 25 heavy (non-hydrogen) atoms. The van der Waals surface area contributed by atoms with Crippen molar-refractivity contribution in [2.45, 2.75) is 31.3 Å². The van der Waals surface area contributed by atoms with Crippen LogP contribution in [0, 0.1) is 6.92 Å². The molecule has 0 saturated carbocycles. The monoisotopic (exact) mass is 389 g/mol. The average Bonchev–Trinajstić information content (AvgIpc) is 3.31.